The molecule has 0 fully saturated rings. The van der Waals surface area contributed by atoms with Gasteiger partial charge in [-0.25, -0.2) is 0 Å². The van der Waals surface area contributed by atoms with Crippen LogP contribution in [0.1, 0.15) is 6.92 Å². The molecule has 0 saturated heterocycles. The Balaban J connectivity index is 2.92. The zero-order valence-corrected chi connectivity index (χ0v) is 6.90. The molecule has 0 spiro atoms. The number of allylic oxidation sites excluding steroid dienone is 1. The van der Waals surface area contributed by atoms with E-state index in [0.717, 1.165) is 5.70 Å². The lowest BCUT2D eigenvalue weighted by Gasteiger charge is -2.36. The van der Waals surface area contributed by atoms with Crippen molar-refractivity contribution in [1.82, 2.24) is 9.80 Å². The number of amides is 1. The molecule has 4 heteroatoms. The third kappa shape index (κ3) is 1.21. The van der Waals surface area contributed by atoms with Gasteiger partial charge in [0.1, 0.15) is 0 Å². The summed E-state index contributed by atoms with van der Waals surface area (Å²) in [6.45, 7) is 1.79. The van der Waals surface area contributed by atoms with Crippen LogP contribution in [-0.4, -0.2) is 41.3 Å². The van der Waals surface area contributed by atoms with Gasteiger partial charge in [0.2, 0.25) is 6.35 Å². The van der Waals surface area contributed by atoms with Gasteiger partial charge in [-0.3, -0.25) is 9.69 Å². The molecule has 0 aromatic rings. The molecule has 0 bridgehead atoms. The summed E-state index contributed by atoms with van der Waals surface area (Å²) in [4.78, 5) is 13.9. The first-order chi connectivity index (χ1) is 5.04. The quantitative estimate of drug-likeness (QED) is 0.517. The van der Waals surface area contributed by atoms with Gasteiger partial charge in [0.15, 0.2) is 0 Å². The molecule has 1 rings (SSSR count). The van der Waals surface area contributed by atoms with Crippen LogP contribution >= 0.6 is 0 Å². The van der Waals surface area contributed by atoms with Crippen LogP contribution in [0, 0.1) is 0 Å². The second-order valence-electron chi connectivity index (χ2n) is 2.69. The van der Waals surface area contributed by atoms with Gasteiger partial charge in [-0.1, -0.05) is 0 Å². The van der Waals surface area contributed by atoms with Gasteiger partial charge in [0.05, 0.1) is 0 Å². The molecule has 0 saturated carbocycles. The number of carbonyl (C=O) groups excluding carboxylic acids is 1. The average Bonchev–Trinajstić information content (AvgIpc) is 1.97. The van der Waals surface area contributed by atoms with Crippen molar-refractivity contribution in [2.75, 3.05) is 14.1 Å². The summed E-state index contributed by atoms with van der Waals surface area (Å²) < 4.78 is 0. The standard InChI is InChI=1S/C7H12N2O2/c1-5-4-6(10)9(3)7(11)8(5)2/h4,7,11H,1-3H3. The van der Waals surface area contributed by atoms with E-state index in [1.807, 2.05) is 0 Å². The minimum absolute atomic E-state index is 0.159. The van der Waals surface area contributed by atoms with Gasteiger partial charge in [0.25, 0.3) is 5.91 Å². The molecule has 1 unspecified atom stereocenters. The molecule has 0 radical (unpaired) electrons. The average molecular weight is 156 g/mol. The van der Waals surface area contributed by atoms with E-state index in [1.54, 1.807) is 25.9 Å². The number of aliphatic hydroxyl groups is 1. The molecule has 0 aromatic heterocycles. The summed E-state index contributed by atoms with van der Waals surface area (Å²) in [5.74, 6) is -0.159. The van der Waals surface area contributed by atoms with Gasteiger partial charge in [-0.2, -0.15) is 0 Å². The SMILES string of the molecule is CC1=CC(=O)N(C)C(O)N1C. The first-order valence-corrected chi connectivity index (χ1v) is 3.40. The maximum absolute atomic E-state index is 11.0. The number of rotatable bonds is 0. The molecule has 1 aliphatic heterocycles. The second-order valence-corrected chi connectivity index (χ2v) is 2.69. The van der Waals surface area contributed by atoms with Crippen molar-refractivity contribution in [3.63, 3.8) is 0 Å². The lowest BCUT2D eigenvalue weighted by molar-refractivity contribution is -0.147. The zero-order valence-electron chi connectivity index (χ0n) is 6.90. The predicted octanol–water partition coefficient (Wildman–Crippen LogP) is -0.430. The number of carbonyl (C=O) groups is 1. The van der Waals surface area contributed by atoms with Gasteiger partial charge < -0.3 is 10.0 Å². The fourth-order valence-electron chi connectivity index (χ4n) is 0.938. The van der Waals surface area contributed by atoms with Crippen molar-refractivity contribution in [3.8, 4) is 0 Å². The van der Waals surface area contributed by atoms with E-state index >= 15 is 0 Å². The summed E-state index contributed by atoms with van der Waals surface area (Å²) in [5.41, 5.74) is 0.778. The third-order valence-electron chi connectivity index (χ3n) is 1.93. The Hall–Kier alpha value is -1.03. The van der Waals surface area contributed by atoms with E-state index < -0.39 is 6.35 Å². The summed E-state index contributed by atoms with van der Waals surface area (Å²) in [6, 6.07) is 0. The summed E-state index contributed by atoms with van der Waals surface area (Å²) >= 11 is 0. The van der Waals surface area contributed by atoms with E-state index in [0.29, 0.717) is 0 Å². The fourth-order valence-corrected chi connectivity index (χ4v) is 0.938. The van der Waals surface area contributed by atoms with Gasteiger partial charge in [-0.15, -0.1) is 0 Å². The highest BCUT2D eigenvalue weighted by Crippen LogP contribution is 2.13. The van der Waals surface area contributed by atoms with Gasteiger partial charge >= 0.3 is 0 Å². The van der Waals surface area contributed by atoms with Crippen LogP contribution in [0.5, 0.6) is 0 Å². The van der Waals surface area contributed by atoms with E-state index in [1.165, 1.54) is 11.0 Å². The van der Waals surface area contributed by atoms with Crippen molar-refractivity contribution in [2.24, 2.45) is 0 Å². The lowest BCUT2D eigenvalue weighted by atomic mass is 10.3. The first-order valence-electron chi connectivity index (χ1n) is 3.40. The minimum Gasteiger partial charge on any atom is -0.356 e. The number of likely N-dealkylation sites (N-methyl/N-ethyl adjacent to an activating group) is 1. The highest BCUT2D eigenvalue weighted by Gasteiger charge is 2.25. The number of hydrogen-bond donors (Lipinski definition) is 1. The number of nitrogens with zero attached hydrogens (tertiary/aromatic N) is 2. The Morgan fingerprint density at radius 3 is 2.55 bits per heavy atom. The Morgan fingerprint density at radius 2 is 2.00 bits per heavy atom. The molecule has 0 aliphatic carbocycles. The van der Waals surface area contributed by atoms with E-state index in [2.05, 4.69) is 0 Å². The van der Waals surface area contributed by atoms with Crippen LogP contribution in [0.15, 0.2) is 11.8 Å². The highest BCUT2D eigenvalue weighted by molar-refractivity contribution is 5.88. The molecule has 1 heterocycles. The van der Waals surface area contributed by atoms with E-state index in [4.69, 9.17) is 0 Å². The van der Waals surface area contributed by atoms with Crippen LogP contribution in [0.4, 0.5) is 0 Å². The zero-order chi connectivity index (χ0) is 8.59. The molecule has 62 valence electrons. The van der Waals surface area contributed by atoms with Crippen LogP contribution in [0.25, 0.3) is 0 Å². The monoisotopic (exact) mass is 156 g/mol. The van der Waals surface area contributed by atoms with Gasteiger partial charge in [0, 0.05) is 25.9 Å². The lowest BCUT2D eigenvalue weighted by Crippen LogP contribution is -2.49. The van der Waals surface area contributed by atoms with Crippen LogP contribution < -0.4 is 0 Å². The Morgan fingerprint density at radius 1 is 1.45 bits per heavy atom. The van der Waals surface area contributed by atoms with Crippen molar-refractivity contribution in [2.45, 2.75) is 13.3 Å². The minimum atomic E-state index is -0.826. The first kappa shape index (κ1) is 8.07. The molecule has 1 amide bonds. The van der Waals surface area contributed by atoms with E-state index in [-0.39, 0.29) is 5.91 Å². The maximum Gasteiger partial charge on any atom is 0.251 e. The van der Waals surface area contributed by atoms with E-state index in [9.17, 15) is 9.90 Å². The number of hydrogen-bond acceptors (Lipinski definition) is 3. The Labute approximate surface area is 65.7 Å². The molecular weight excluding hydrogens is 144 g/mol. The van der Waals surface area contributed by atoms with Crippen molar-refractivity contribution >= 4 is 5.91 Å². The largest absolute Gasteiger partial charge is 0.356 e. The van der Waals surface area contributed by atoms with Crippen molar-refractivity contribution in [3.05, 3.63) is 11.8 Å². The predicted molar refractivity (Wildman–Crippen MR) is 40.3 cm³/mol. The molecule has 11 heavy (non-hydrogen) atoms. The Bertz CT molecular complexity index is 212. The maximum atomic E-state index is 11.0. The molecule has 1 N–H and O–H groups in total. The molecular formula is C7H12N2O2. The topological polar surface area (TPSA) is 43.8 Å². The summed E-state index contributed by atoms with van der Waals surface area (Å²) in [7, 11) is 3.30. The smallest absolute Gasteiger partial charge is 0.251 e. The molecule has 0 aromatic carbocycles. The molecule has 1 aliphatic rings. The third-order valence-corrected chi connectivity index (χ3v) is 1.93. The van der Waals surface area contributed by atoms with Crippen molar-refractivity contribution < 1.29 is 9.90 Å². The molecule has 1 atom stereocenters. The van der Waals surface area contributed by atoms with Crippen LogP contribution in [-0.2, 0) is 4.79 Å². The number of aliphatic hydroxyl groups excluding tert-OH is 1. The fraction of sp³-hybridized carbons (Fsp3) is 0.571. The van der Waals surface area contributed by atoms with Crippen LogP contribution in [0.2, 0.25) is 0 Å². The second kappa shape index (κ2) is 2.54. The van der Waals surface area contributed by atoms with Crippen molar-refractivity contribution in [1.29, 1.82) is 0 Å². The van der Waals surface area contributed by atoms with Crippen LogP contribution in [0.3, 0.4) is 0 Å². The Kier molecular flexibility index (Phi) is 1.87. The van der Waals surface area contributed by atoms with Gasteiger partial charge in [-0.05, 0) is 6.92 Å². The summed E-state index contributed by atoms with van der Waals surface area (Å²) in [5, 5.41) is 9.38. The highest BCUT2D eigenvalue weighted by atomic mass is 16.3. The normalized spacial score (nSPS) is 25.6. The summed E-state index contributed by atoms with van der Waals surface area (Å²) in [6.07, 6.45) is 0.666. The molecule has 4 nitrogen and oxygen atoms in total.